The van der Waals surface area contributed by atoms with Crippen LogP contribution in [0.15, 0.2) is 30.5 Å². The fourth-order valence-corrected chi connectivity index (χ4v) is 3.53. The normalized spacial score (nSPS) is 26.0. The van der Waals surface area contributed by atoms with Crippen molar-refractivity contribution in [2.75, 3.05) is 0 Å². The molecule has 1 heterocycles. The summed E-state index contributed by atoms with van der Waals surface area (Å²) in [4.78, 5) is 15.6. The Morgan fingerprint density at radius 2 is 2.15 bits per heavy atom. The Hall–Kier alpha value is -1.77. The summed E-state index contributed by atoms with van der Waals surface area (Å²) in [5.74, 6) is 1.38. The zero-order valence-electron chi connectivity index (χ0n) is 12.1. The number of fused-ring (bicyclic) bond motifs is 1. The molecule has 0 bridgehead atoms. The molecule has 1 saturated carbocycles. The van der Waals surface area contributed by atoms with Crippen LogP contribution in [0.1, 0.15) is 43.5 Å². The highest BCUT2D eigenvalue weighted by atomic mass is 16.1. The smallest absolute Gasteiger partial charge is 0.253 e. The van der Waals surface area contributed by atoms with Crippen molar-refractivity contribution in [3.8, 4) is 0 Å². The molecule has 0 spiro atoms. The third-order valence-corrected chi connectivity index (χ3v) is 4.90. The molecule has 3 nitrogen and oxygen atoms in total. The van der Waals surface area contributed by atoms with Gasteiger partial charge in [0.25, 0.3) is 5.91 Å². The topological polar surface area (TPSA) is 44.9 Å². The molecule has 3 unspecified atom stereocenters. The molecule has 0 aliphatic heterocycles. The minimum atomic E-state index is 0.0519. The van der Waals surface area contributed by atoms with Crippen molar-refractivity contribution in [3.63, 3.8) is 0 Å². The molecule has 1 aromatic heterocycles. The SMILES string of the molecule is CCC1CCC(NC(=O)c2c[nH]c3ccccc23)C1C. The maximum absolute atomic E-state index is 12.5. The van der Waals surface area contributed by atoms with Crippen LogP contribution in [0, 0.1) is 11.8 Å². The molecule has 1 aliphatic carbocycles. The van der Waals surface area contributed by atoms with E-state index < -0.39 is 0 Å². The van der Waals surface area contributed by atoms with Crippen LogP contribution in [0.25, 0.3) is 10.9 Å². The van der Waals surface area contributed by atoms with Crippen LogP contribution in [0.4, 0.5) is 0 Å². The van der Waals surface area contributed by atoms with Crippen LogP contribution < -0.4 is 5.32 Å². The predicted octanol–water partition coefficient (Wildman–Crippen LogP) is 3.72. The van der Waals surface area contributed by atoms with E-state index >= 15 is 0 Å². The molecular formula is C17H22N2O. The molecule has 2 aromatic rings. The van der Waals surface area contributed by atoms with Gasteiger partial charge >= 0.3 is 0 Å². The van der Waals surface area contributed by atoms with Gasteiger partial charge in [-0.3, -0.25) is 4.79 Å². The van der Waals surface area contributed by atoms with E-state index in [0.717, 1.165) is 28.8 Å². The first-order valence-corrected chi connectivity index (χ1v) is 7.57. The van der Waals surface area contributed by atoms with Crippen LogP contribution in [0.2, 0.25) is 0 Å². The summed E-state index contributed by atoms with van der Waals surface area (Å²) in [6.07, 6.45) is 5.36. The molecule has 20 heavy (non-hydrogen) atoms. The lowest BCUT2D eigenvalue weighted by molar-refractivity contribution is 0.0928. The van der Waals surface area contributed by atoms with Crippen LogP contribution in [-0.4, -0.2) is 16.9 Å². The number of hydrogen-bond acceptors (Lipinski definition) is 1. The fraction of sp³-hybridized carbons (Fsp3) is 0.471. The predicted molar refractivity (Wildman–Crippen MR) is 81.7 cm³/mol. The number of carbonyl (C=O) groups is 1. The van der Waals surface area contributed by atoms with Gasteiger partial charge in [0.15, 0.2) is 0 Å². The number of para-hydroxylation sites is 1. The van der Waals surface area contributed by atoms with E-state index in [4.69, 9.17) is 0 Å². The third kappa shape index (κ3) is 2.21. The van der Waals surface area contributed by atoms with E-state index in [2.05, 4.69) is 24.1 Å². The average molecular weight is 270 g/mol. The van der Waals surface area contributed by atoms with Crippen molar-refractivity contribution >= 4 is 16.8 Å². The molecule has 1 fully saturated rings. The third-order valence-electron chi connectivity index (χ3n) is 4.90. The van der Waals surface area contributed by atoms with Crippen molar-refractivity contribution in [1.82, 2.24) is 10.3 Å². The lowest BCUT2D eigenvalue weighted by atomic mass is 9.93. The highest BCUT2D eigenvalue weighted by Gasteiger charge is 2.32. The lowest BCUT2D eigenvalue weighted by Gasteiger charge is -2.20. The molecule has 3 atom stereocenters. The van der Waals surface area contributed by atoms with Crippen molar-refractivity contribution in [2.24, 2.45) is 11.8 Å². The van der Waals surface area contributed by atoms with Gasteiger partial charge in [0, 0.05) is 23.1 Å². The van der Waals surface area contributed by atoms with E-state index in [1.165, 1.54) is 12.8 Å². The van der Waals surface area contributed by atoms with Gasteiger partial charge in [0.2, 0.25) is 0 Å². The summed E-state index contributed by atoms with van der Waals surface area (Å²) in [6.45, 7) is 4.51. The number of rotatable bonds is 3. The quantitative estimate of drug-likeness (QED) is 0.877. The highest BCUT2D eigenvalue weighted by molar-refractivity contribution is 6.06. The molecule has 1 aromatic carbocycles. The molecular weight excluding hydrogens is 248 g/mol. The Kier molecular flexibility index (Phi) is 3.51. The number of amides is 1. The van der Waals surface area contributed by atoms with Crippen LogP contribution in [0.3, 0.4) is 0 Å². The van der Waals surface area contributed by atoms with Gasteiger partial charge in [-0.2, -0.15) is 0 Å². The second-order valence-electron chi connectivity index (χ2n) is 5.93. The summed E-state index contributed by atoms with van der Waals surface area (Å²) < 4.78 is 0. The summed E-state index contributed by atoms with van der Waals surface area (Å²) in [5, 5.41) is 4.23. The molecule has 0 radical (unpaired) electrons. The van der Waals surface area contributed by atoms with Gasteiger partial charge in [-0.15, -0.1) is 0 Å². The largest absolute Gasteiger partial charge is 0.360 e. The summed E-state index contributed by atoms with van der Waals surface area (Å²) in [6, 6.07) is 8.26. The van der Waals surface area contributed by atoms with E-state index in [1.807, 2.05) is 30.5 Å². The monoisotopic (exact) mass is 270 g/mol. The standard InChI is InChI=1S/C17H22N2O/c1-3-12-8-9-15(11(12)2)19-17(20)14-10-18-16-7-5-4-6-13(14)16/h4-7,10-12,15,18H,3,8-9H2,1-2H3,(H,19,20). The van der Waals surface area contributed by atoms with Gasteiger partial charge in [0.05, 0.1) is 5.56 Å². The van der Waals surface area contributed by atoms with Crippen LogP contribution in [-0.2, 0) is 0 Å². The van der Waals surface area contributed by atoms with E-state index in [0.29, 0.717) is 12.0 Å². The molecule has 3 heteroatoms. The van der Waals surface area contributed by atoms with Gasteiger partial charge in [0.1, 0.15) is 0 Å². The van der Waals surface area contributed by atoms with E-state index in [9.17, 15) is 4.79 Å². The Balaban J connectivity index is 1.77. The molecule has 1 aliphatic rings. The lowest BCUT2D eigenvalue weighted by Crippen LogP contribution is -2.37. The Morgan fingerprint density at radius 1 is 1.35 bits per heavy atom. The number of benzene rings is 1. The fourth-order valence-electron chi connectivity index (χ4n) is 3.53. The number of H-pyrrole nitrogens is 1. The maximum atomic E-state index is 12.5. The van der Waals surface area contributed by atoms with Gasteiger partial charge in [-0.05, 0) is 30.7 Å². The minimum absolute atomic E-state index is 0.0519. The molecule has 1 amide bonds. The number of carbonyl (C=O) groups excluding carboxylic acids is 1. The van der Waals surface area contributed by atoms with Crippen molar-refractivity contribution < 1.29 is 4.79 Å². The molecule has 106 valence electrons. The second-order valence-corrected chi connectivity index (χ2v) is 5.93. The summed E-state index contributed by atoms with van der Waals surface area (Å²) in [7, 11) is 0. The van der Waals surface area contributed by atoms with Crippen molar-refractivity contribution in [3.05, 3.63) is 36.0 Å². The average Bonchev–Trinajstić information content (AvgIpc) is 3.03. The zero-order chi connectivity index (χ0) is 14.1. The van der Waals surface area contributed by atoms with Gasteiger partial charge in [-0.1, -0.05) is 38.5 Å². The summed E-state index contributed by atoms with van der Waals surface area (Å²) >= 11 is 0. The van der Waals surface area contributed by atoms with Gasteiger partial charge < -0.3 is 10.3 Å². The molecule has 2 N–H and O–H groups in total. The summed E-state index contributed by atoms with van der Waals surface area (Å²) in [5.41, 5.74) is 1.77. The van der Waals surface area contributed by atoms with Crippen molar-refractivity contribution in [2.45, 2.75) is 39.2 Å². The second kappa shape index (κ2) is 5.31. The Bertz CT molecular complexity index is 616. The number of nitrogens with one attached hydrogen (secondary N) is 2. The minimum Gasteiger partial charge on any atom is -0.360 e. The molecule has 0 saturated heterocycles. The first kappa shape index (κ1) is 13.2. The van der Waals surface area contributed by atoms with Gasteiger partial charge in [-0.25, -0.2) is 0 Å². The first-order chi connectivity index (χ1) is 9.70. The number of aromatic amines is 1. The number of hydrogen-bond donors (Lipinski definition) is 2. The Morgan fingerprint density at radius 3 is 2.90 bits per heavy atom. The van der Waals surface area contributed by atoms with Crippen molar-refractivity contribution in [1.29, 1.82) is 0 Å². The van der Waals surface area contributed by atoms with E-state index in [1.54, 1.807) is 0 Å². The number of aromatic nitrogens is 1. The zero-order valence-corrected chi connectivity index (χ0v) is 12.1. The Labute approximate surface area is 119 Å². The maximum Gasteiger partial charge on any atom is 0.253 e. The highest BCUT2D eigenvalue weighted by Crippen LogP contribution is 2.34. The van der Waals surface area contributed by atoms with Crippen LogP contribution >= 0.6 is 0 Å². The first-order valence-electron chi connectivity index (χ1n) is 7.57. The van der Waals surface area contributed by atoms with E-state index in [-0.39, 0.29) is 5.91 Å². The molecule has 3 rings (SSSR count). The van der Waals surface area contributed by atoms with Crippen LogP contribution in [0.5, 0.6) is 0 Å².